The Bertz CT molecular complexity index is 366. The molecule has 0 saturated carbocycles. The Kier molecular flexibility index (Phi) is 3.60. The summed E-state index contributed by atoms with van der Waals surface area (Å²) in [6.07, 6.45) is 0. The standard InChI is InChI=1S/C9H11N3OS/c1-6(3-10)4-11-9(13)8-5-14-7(2)12-8/h5-6H,4H2,1-2H3,(H,11,13). The van der Waals surface area contributed by atoms with Crippen molar-refractivity contribution in [2.75, 3.05) is 6.54 Å². The second-order valence-electron chi connectivity index (χ2n) is 2.99. The smallest absolute Gasteiger partial charge is 0.270 e. The van der Waals surface area contributed by atoms with Crippen molar-refractivity contribution in [1.82, 2.24) is 10.3 Å². The number of aromatic nitrogens is 1. The Labute approximate surface area is 86.6 Å². The molecule has 0 radical (unpaired) electrons. The van der Waals surface area contributed by atoms with Crippen LogP contribution in [0, 0.1) is 24.2 Å². The zero-order valence-corrected chi connectivity index (χ0v) is 8.89. The normalized spacial score (nSPS) is 11.8. The maximum absolute atomic E-state index is 11.4. The first-order valence-electron chi connectivity index (χ1n) is 4.23. The molecule has 0 aliphatic carbocycles. The Morgan fingerprint density at radius 2 is 2.57 bits per heavy atom. The van der Waals surface area contributed by atoms with E-state index in [4.69, 9.17) is 5.26 Å². The number of rotatable bonds is 3. The van der Waals surface area contributed by atoms with Crippen molar-refractivity contribution in [3.05, 3.63) is 16.1 Å². The first-order valence-corrected chi connectivity index (χ1v) is 5.11. The fraction of sp³-hybridized carbons (Fsp3) is 0.444. The third kappa shape index (κ3) is 2.82. The first-order chi connectivity index (χ1) is 6.63. The average Bonchev–Trinajstić information content (AvgIpc) is 2.60. The summed E-state index contributed by atoms with van der Waals surface area (Å²) in [7, 11) is 0. The second kappa shape index (κ2) is 4.72. The fourth-order valence-electron chi connectivity index (χ4n) is 0.850. The number of carbonyl (C=O) groups is 1. The number of nitriles is 1. The Morgan fingerprint density at radius 3 is 3.07 bits per heavy atom. The highest BCUT2D eigenvalue weighted by Gasteiger charge is 2.09. The van der Waals surface area contributed by atoms with Crippen LogP contribution in [0.4, 0.5) is 0 Å². The van der Waals surface area contributed by atoms with Gasteiger partial charge in [-0.3, -0.25) is 4.79 Å². The molecule has 1 N–H and O–H groups in total. The Morgan fingerprint density at radius 1 is 1.86 bits per heavy atom. The fourth-order valence-corrected chi connectivity index (χ4v) is 1.44. The highest BCUT2D eigenvalue weighted by Crippen LogP contribution is 2.07. The van der Waals surface area contributed by atoms with E-state index in [1.54, 1.807) is 12.3 Å². The van der Waals surface area contributed by atoms with Crippen LogP contribution in [0.3, 0.4) is 0 Å². The van der Waals surface area contributed by atoms with E-state index in [9.17, 15) is 4.79 Å². The molecule has 1 atom stereocenters. The number of nitrogens with one attached hydrogen (secondary N) is 1. The number of thiazole rings is 1. The molecule has 4 nitrogen and oxygen atoms in total. The number of nitrogens with zero attached hydrogens (tertiary/aromatic N) is 2. The van der Waals surface area contributed by atoms with Crippen molar-refractivity contribution in [2.45, 2.75) is 13.8 Å². The molecule has 1 rings (SSSR count). The summed E-state index contributed by atoms with van der Waals surface area (Å²) >= 11 is 1.44. The summed E-state index contributed by atoms with van der Waals surface area (Å²) in [4.78, 5) is 15.4. The van der Waals surface area contributed by atoms with E-state index in [2.05, 4.69) is 10.3 Å². The molecule has 1 aromatic heterocycles. The number of hydrogen-bond donors (Lipinski definition) is 1. The van der Waals surface area contributed by atoms with Crippen LogP contribution in [0.15, 0.2) is 5.38 Å². The van der Waals surface area contributed by atoms with Gasteiger partial charge in [-0.2, -0.15) is 5.26 Å². The van der Waals surface area contributed by atoms with Crippen molar-refractivity contribution in [3.63, 3.8) is 0 Å². The summed E-state index contributed by atoms with van der Waals surface area (Å²) in [5.74, 6) is -0.380. The molecule has 14 heavy (non-hydrogen) atoms. The maximum Gasteiger partial charge on any atom is 0.270 e. The van der Waals surface area contributed by atoms with Crippen LogP contribution < -0.4 is 5.32 Å². The first kappa shape index (κ1) is 10.7. The molecule has 0 aliphatic rings. The minimum Gasteiger partial charge on any atom is -0.349 e. The quantitative estimate of drug-likeness (QED) is 0.817. The van der Waals surface area contributed by atoms with Gasteiger partial charge in [0.25, 0.3) is 5.91 Å². The molecule has 1 heterocycles. The summed E-state index contributed by atoms with van der Waals surface area (Å²) in [6.45, 7) is 3.97. The minimum atomic E-state index is -0.212. The molecule has 0 saturated heterocycles. The van der Waals surface area contributed by atoms with Gasteiger partial charge in [0, 0.05) is 11.9 Å². The zero-order valence-electron chi connectivity index (χ0n) is 8.07. The predicted molar refractivity (Wildman–Crippen MR) is 54.0 cm³/mol. The van der Waals surface area contributed by atoms with Crippen LogP contribution in [0.1, 0.15) is 22.4 Å². The van der Waals surface area contributed by atoms with Gasteiger partial charge in [0.05, 0.1) is 17.0 Å². The number of amides is 1. The van der Waals surface area contributed by atoms with Crippen molar-refractivity contribution in [1.29, 1.82) is 5.26 Å². The topological polar surface area (TPSA) is 65.8 Å². The third-order valence-corrected chi connectivity index (χ3v) is 2.41. The lowest BCUT2D eigenvalue weighted by molar-refractivity contribution is 0.0946. The minimum absolute atomic E-state index is 0.168. The zero-order chi connectivity index (χ0) is 10.6. The van der Waals surface area contributed by atoms with Crippen LogP contribution in [-0.2, 0) is 0 Å². The highest BCUT2D eigenvalue weighted by atomic mass is 32.1. The van der Waals surface area contributed by atoms with Crippen LogP contribution in [-0.4, -0.2) is 17.4 Å². The molecule has 1 amide bonds. The van der Waals surface area contributed by atoms with Crippen molar-refractivity contribution in [2.24, 2.45) is 5.92 Å². The molecule has 0 aliphatic heterocycles. The van der Waals surface area contributed by atoms with Crippen LogP contribution in [0.5, 0.6) is 0 Å². The maximum atomic E-state index is 11.4. The lowest BCUT2D eigenvalue weighted by Crippen LogP contribution is -2.27. The average molecular weight is 209 g/mol. The van der Waals surface area contributed by atoms with E-state index in [0.29, 0.717) is 12.2 Å². The van der Waals surface area contributed by atoms with Gasteiger partial charge in [-0.15, -0.1) is 11.3 Å². The molecule has 0 spiro atoms. The molecule has 5 heteroatoms. The van der Waals surface area contributed by atoms with E-state index in [0.717, 1.165) is 5.01 Å². The third-order valence-electron chi connectivity index (χ3n) is 1.64. The van der Waals surface area contributed by atoms with Gasteiger partial charge in [-0.1, -0.05) is 0 Å². The number of hydrogen-bond acceptors (Lipinski definition) is 4. The number of aryl methyl sites for hydroxylation is 1. The molecule has 0 fully saturated rings. The van der Waals surface area contributed by atoms with E-state index in [1.165, 1.54) is 11.3 Å². The summed E-state index contributed by atoms with van der Waals surface area (Å²) in [5.41, 5.74) is 0.428. The van der Waals surface area contributed by atoms with Crippen LogP contribution >= 0.6 is 11.3 Å². The molecule has 1 aromatic rings. The van der Waals surface area contributed by atoms with Crippen molar-refractivity contribution in [3.8, 4) is 6.07 Å². The summed E-state index contributed by atoms with van der Waals surface area (Å²) in [5, 5.41) is 13.7. The Balaban J connectivity index is 2.48. The number of carbonyl (C=O) groups excluding carboxylic acids is 1. The van der Waals surface area contributed by atoms with Gasteiger partial charge in [0.2, 0.25) is 0 Å². The van der Waals surface area contributed by atoms with Gasteiger partial charge in [0.15, 0.2) is 0 Å². The lowest BCUT2D eigenvalue weighted by atomic mass is 10.2. The highest BCUT2D eigenvalue weighted by molar-refractivity contribution is 7.09. The van der Waals surface area contributed by atoms with Gasteiger partial charge in [-0.25, -0.2) is 4.98 Å². The van der Waals surface area contributed by atoms with E-state index < -0.39 is 0 Å². The molecule has 1 unspecified atom stereocenters. The molecular formula is C9H11N3OS. The second-order valence-corrected chi connectivity index (χ2v) is 4.05. The molecule has 0 bridgehead atoms. The van der Waals surface area contributed by atoms with Gasteiger partial charge in [-0.05, 0) is 13.8 Å². The van der Waals surface area contributed by atoms with Gasteiger partial charge in [0.1, 0.15) is 5.69 Å². The van der Waals surface area contributed by atoms with Crippen LogP contribution in [0.25, 0.3) is 0 Å². The predicted octanol–water partition coefficient (Wildman–Crippen LogP) is 1.34. The van der Waals surface area contributed by atoms with E-state index in [-0.39, 0.29) is 11.8 Å². The van der Waals surface area contributed by atoms with Crippen LogP contribution in [0.2, 0.25) is 0 Å². The van der Waals surface area contributed by atoms with E-state index in [1.807, 2.05) is 13.0 Å². The van der Waals surface area contributed by atoms with E-state index >= 15 is 0 Å². The Hall–Kier alpha value is -1.41. The molecule has 74 valence electrons. The lowest BCUT2D eigenvalue weighted by Gasteiger charge is -2.03. The van der Waals surface area contributed by atoms with Gasteiger partial charge < -0.3 is 5.32 Å². The van der Waals surface area contributed by atoms with Gasteiger partial charge >= 0.3 is 0 Å². The van der Waals surface area contributed by atoms with Crippen molar-refractivity contribution >= 4 is 17.2 Å². The molecule has 0 aromatic carbocycles. The SMILES string of the molecule is Cc1nc(C(=O)NCC(C)C#N)cs1. The van der Waals surface area contributed by atoms with Crippen molar-refractivity contribution < 1.29 is 4.79 Å². The largest absolute Gasteiger partial charge is 0.349 e. The monoisotopic (exact) mass is 209 g/mol. The molecular weight excluding hydrogens is 198 g/mol. The summed E-state index contributed by atoms with van der Waals surface area (Å²) in [6, 6.07) is 2.04. The summed E-state index contributed by atoms with van der Waals surface area (Å²) < 4.78 is 0.